The molecule has 0 fully saturated rings. The molecule has 0 amide bonds. The molecule has 1 aliphatic carbocycles. The van der Waals surface area contributed by atoms with Gasteiger partial charge in [-0.25, -0.2) is 4.99 Å². The number of aromatic nitrogens is 1. The van der Waals surface area contributed by atoms with Gasteiger partial charge in [-0.15, -0.1) is 11.3 Å². The molecule has 10 rings (SSSR count). The minimum Gasteiger partial charge on any atom is -0.454 e. The predicted octanol–water partition coefficient (Wildman–Crippen LogP) is 8.94. The van der Waals surface area contributed by atoms with Crippen LogP contribution in [0.15, 0.2) is 100 Å². The molecular formula is C32H17N3OS. The molecule has 4 aromatic heterocycles. The number of thiophene rings is 1. The Morgan fingerprint density at radius 3 is 2.59 bits per heavy atom. The van der Waals surface area contributed by atoms with Gasteiger partial charge in [0.25, 0.3) is 0 Å². The van der Waals surface area contributed by atoms with Gasteiger partial charge in [0.2, 0.25) is 0 Å². The molecule has 37 heavy (non-hydrogen) atoms. The quantitative estimate of drug-likeness (QED) is 0.230. The van der Waals surface area contributed by atoms with Crippen LogP contribution in [0, 0.1) is 0 Å². The zero-order valence-corrected chi connectivity index (χ0v) is 20.3. The number of aliphatic imine (C=N–C) groups is 1. The Labute approximate surface area is 213 Å². The minimum atomic E-state index is 0.0930. The van der Waals surface area contributed by atoms with E-state index in [1.165, 1.54) is 47.2 Å². The summed E-state index contributed by atoms with van der Waals surface area (Å²) in [7, 11) is 0. The van der Waals surface area contributed by atoms with Crippen LogP contribution in [0.25, 0.3) is 69.3 Å². The largest absolute Gasteiger partial charge is 0.454 e. The molecule has 5 heteroatoms. The number of hydrogen-bond donors (Lipinski definition) is 1. The van der Waals surface area contributed by atoms with Crippen LogP contribution in [0.1, 0.15) is 0 Å². The second-order valence-corrected chi connectivity index (χ2v) is 11.0. The summed E-state index contributed by atoms with van der Waals surface area (Å²) in [6.45, 7) is 0. The lowest BCUT2D eigenvalue weighted by atomic mass is 10.0. The number of allylic oxidation sites excluding steroid dienone is 2. The zero-order valence-electron chi connectivity index (χ0n) is 19.4. The van der Waals surface area contributed by atoms with E-state index in [4.69, 9.17) is 9.41 Å². The second-order valence-electron chi connectivity index (χ2n) is 9.97. The van der Waals surface area contributed by atoms with Crippen molar-refractivity contribution in [3.05, 3.63) is 91.0 Å². The first-order chi connectivity index (χ1) is 18.4. The number of nitrogens with zero attached hydrogens (tertiary/aromatic N) is 2. The monoisotopic (exact) mass is 491 g/mol. The summed E-state index contributed by atoms with van der Waals surface area (Å²) in [5.74, 6) is 0.953. The van der Waals surface area contributed by atoms with Crippen molar-refractivity contribution in [1.82, 2.24) is 4.40 Å². The first-order valence-corrected chi connectivity index (χ1v) is 13.3. The highest BCUT2D eigenvalue weighted by Gasteiger charge is 2.31. The maximum absolute atomic E-state index is 6.74. The molecule has 1 atom stereocenters. The Hall–Kier alpha value is -4.61. The predicted molar refractivity (Wildman–Crippen MR) is 157 cm³/mol. The molecule has 4 aromatic carbocycles. The van der Waals surface area contributed by atoms with Gasteiger partial charge in [-0.2, -0.15) is 0 Å². The van der Waals surface area contributed by atoms with Crippen molar-refractivity contribution in [2.45, 2.75) is 6.04 Å². The fourth-order valence-corrected chi connectivity index (χ4v) is 7.91. The number of anilines is 1. The molecular weight excluding hydrogens is 474 g/mol. The summed E-state index contributed by atoms with van der Waals surface area (Å²) in [4.78, 5) is 5.23. The van der Waals surface area contributed by atoms with Crippen molar-refractivity contribution in [3.63, 3.8) is 0 Å². The van der Waals surface area contributed by atoms with Crippen molar-refractivity contribution in [3.8, 4) is 0 Å². The Bertz CT molecular complexity index is 2390. The number of fused-ring (bicyclic) bond motifs is 16. The van der Waals surface area contributed by atoms with E-state index in [1.54, 1.807) is 0 Å². The Balaban J connectivity index is 1.55. The van der Waals surface area contributed by atoms with Gasteiger partial charge >= 0.3 is 0 Å². The van der Waals surface area contributed by atoms with E-state index in [0.717, 1.165) is 39.3 Å². The molecule has 0 radical (unpaired) electrons. The van der Waals surface area contributed by atoms with E-state index in [9.17, 15) is 0 Å². The van der Waals surface area contributed by atoms with Gasteiger partial charge in [0.05, 0.1) is 23.0 Å². The topological polar surface area (TPSA) is 41.9 Å². The number of furan rings is 1. The summed E-state index contributed by atoms with van der Waals surface area (Å²) >= 11 is 1.88. The molecule has 1 N–H and O–H groups in total. The highest BCUT2D eigenvalue weighted by Crippen LogP contribution is 2.53. The summed E-state index contributed by atoms with van der Waals surface area (Å²) in [6, 6.07) is 23.9. The second kappa shape index (κ2) is 6.20. The van der Waals surface area contributed by atoms with Crippen LogP contribution in [-0.4, -0.2) is 16.2 Å². The van der Waals surface area contributed by atoms with Crippen molar-refractivity contribution in [2.24, 2.45) is 4.99 Å². The van der Waals surface area contributed by atoms with Gasteiger partial charge in [0.1, 0.15) is 11.1 Å². The van der Waals surface area contributed by atoms with E-state index in [-0.39, 0.29) is 6.04 Å². The maximum Gasteiger partial charge on any atom is 0.162 e. The van der Waals surface area contributed by atoms with Gasteiger partial charge in [-0.1, -0.05) is 72.8 Å². The van der Waals surface area contributed by atoms with Crippen LogP contribution in [0.4, 0.5) is 11.5 Å². The fraction of sp³-hybridized carbons (Fsp3) is 0.0312. The highest BCUT2D eigenvalue weighted by atomic mass is 32.1. The summed E-state index contributed by atoms with van der Waals surface area (Å²) in [5, 5.41) is 12.4. The minimum absolute atomic E-state index is 0.0930. The van der Waals surface area contributed by atoms with E-state index < -0.39 is 0 Å². The Kier molecular flexibility index (Phi) is 3.12. The van der Waals surface area contributed by atoms with Crippen molar-refractivity contribution >= 4 is 97.9 Å². The average molecular weight is 492 g/mol. The third-order valence-electron chi connectivity index (χ3n) is 8.11. The summed E-state index contributed by atoms with van der Waals surface area (Å²) in [5.41, 5.74) is 6.30. The average Bonchev–Trinajstić information content (AvgIpc) is 3.68. The van der Waals surface area contributed by atoms with Crippen molar-refractivity contribution in [2.75, 3.05) is 5.32 Å². The van der Waals surface area contributed by atoms with Crippen LogP contribution < -0.4 is 5.32 Å². The molecule has 0 saturated carbocycles. The summed E-state index contributed by atoms with van der Waals surface area (Å²) < 4.78 is 11.7. The Morgan fingerprint density at radius 2 is 1.62 bits per heavy atom. The van der Waals surface area contributed by atoms with Gasteiger partial charge in [-0.3, -0.25) is 4.40 Å². The molecule has 1 aliphatic heterocycles. The number of rotatable bonds is 0. The van der Waals surface area contributed by atoms with Crippen LogP contribution in [0.3, 0.4) is 0 Å². The first kappa shape index (κ1) is 18.6. The zero-order chi connectivity index (χ0) is 23.8. The normalized spacial score (nSPS) is 17.1. The number of para-hydroxylation sites is 2. The molecule has 4 nitrogen and oxygen atoms in total. The number of benzene rings is 4. The SMILES string of the molecule is C1=CC2=Nc3c(c4cccc5c6c7sc8ccccc8c7c7c8ccccc8oc7c6n3c45)NC2C=C1. The van der Waals surface area contributed by atoms with Crippen LogP contribution in [0.5, 0.6) is 0 Å². The van der Waals surface area contributed by atoms with Gasteiger partial charge in [0, 0.05) is 47.1 Å². The van der Waals surface area contributed by atoms with Crippen molar-refractivity contribution in [1.29, 1.82) is 0 Å². The lowest BCUT2D eigenvalue weighted by Gasteiger charge is -2.23. The van der Waals surface area contributed by atoms with Gasteiger partial charge < -0.3 is 9.73 Å². The van der Waals surface area contributed by atoms with E-state index in [0.29, 0.717) is 0 Å². The van der Waals surface area contributed by atoms with Crippen LogP contribution in [0.2, 0.25) is 0 Å². The molecule has 1 unspecified atom stereocenters. The molecule has 8 aromatic rings. The van der Waals surface area contributed by atoms with Crippen molar-refractivity contribution < 1.29 is 4.42 Å². The van der Waals surface area contributed by atoms with Crippen LogP contribution in [-0.2, 0) is 0 Å². The molecule has 0 saturated heterocycles. The molecule has 0 spiro atoms. The molecule has 0 bridgehead atoms. The highest BCUT2D eigenvalue weighted by molar-refractivity contribution is 7.27. The van der Waals surface area contributed by atoms with E-state index in [1.807, 2.05) is 11.3 Å². The third-order valence-corrected chi connectivity index (χ3v) is 9.30. The smallest absolute Gasteiger partial charge is 0.162 e. The van der Waals surface area contributed by atoms with Gasteiger partial charge in [-0.05, 0) is 18.2 Å². The summed E-state index contributed by atoms with van der Waals surface area (Å²) in [6.07, 6.45) is 8.43. The van der Waals surface area contributed by atoms with E-state index in [2.05, 4.69) is 101 Å². The van der Waals surface area contributed by atoms with Gasteiger partial charge in [0.15, 0.2) is 11.4 Å². The standard InChI is InChI=1S/C32H17N3OS/c1-5-14-22-16(8-1)24-25-17-9-2-6-15-23(17)37-31(25)26-18-10-7-11-19-27-32(34-21-13-4-3-12-20(21)33-27)35(28(18)19)29(26)30(24)36-22/h1-15,20,33H. The lowest BCUT2D eigenvalue weighted by molar-refractivity contribution is 0.671. The van der Waals surface area contributed by atoms with Crippen LogP contribution >= 0.6 is 11.3 Å². The lowest BCUT2D eigenvalue weighted by Crippen LogP contribution is -2.29. The number of hydrogen-bond acceptors (Lipinski definition) is 4. The number of nitrogens with one attached hydrogen (secondary N) is 1. The molecule has 2 aliphatic rings. The Morgan fingerprint density at radius 1 is 0.784 bits per heavy atom. The van der Waals surface area contributed by atoms with E-state index >= 15 is 0 Å². The maximum atomic E-state index is 6.74. The fourth-order valence-electron chi connectivity index (χ4n) is 6.64. The molecule has 172 valence electrons. The third kappa shape index (κ3) is 2.07. The first-order valence-electron chi connectivity index (χ1n) is 12.5. The molecule has 5 heterocycles.